The van der Waals surface area contributed by atoms with Crippen LogP contribution in [0.2, 0.25) is 0 Å². The lowest BCUT2D eigenvalue weighted by Crippen LogP contribution is -2.19. The quantitative estimate of drug-likeness (QED) is 0.683. The average Bonchev–Trinajstić information content (AvgIpc) is 2.30. The van der Waals surface area contributed by atoms with Crippen LogP contribution in [0.1, 0.15) is 11.7 Å². The van der Waals surface area contributed by atoms with Crippen LogP contribution >= 0.6 is 0 Å². The summed E-state index contributed by atoms with van der Waals surface area (Å²) in [5, 5.41) is 27.2. The number of hydrogen-bond donors (Lipinski definition) is 3. The fourth-order valence-corrected chi connectivity index (χ4v) is 1.36. The number of carboxylic acids is 2. The van der Waals surface area contributed by atoms with E-state index in [-0.39, 0.29) is 11.3 Å². The molecular formula is C11H12O7. The zero-order valence-electron chi connectivity index (χ0n) is 9.49. The molecule has 1 unspecified atom stereocenters. The van der Waals surface area contributed by atoms with Crippen LogP contribution in [0.5, 0.6) is 11.5 Å². The molecule has 7 nitrogen and oxygen atoms in total. The van der Waals surface area contributed by atoms with Gasteiger partial charge in [0.15, 0.2) is 17.6 Å². The summed E-state index contributed by atoms with van der Waals surface area (Å²) in [5.41, 5.74) is -0.0666. The van der Waals surface area contributed by atoms with Crippen molar-refractivity contribution in [1.82, 2.24) is 0 Å². The highest BCUT2D eigenvalue weighted by atomic mass is 16.5. The van der Waals surface area contributed by atoms with E-state index in [1.807, 2.05) is 0 Å². The summed E-state index contributed by atoms with van der Waals surface area (Å²) in [5.74, 6) is -3.01. The van der Waals surface area contributed by atoms with Gasteiger partial charge >= 0.3 is 11.9 Å². The van der Waals surface area contributed by atoms with Crippen LogP contribution < -0.4 is 4.74 Å². The van der Waals surface area contributed by atoms with E-state index < -0.39 is 30.4 Å². The standard InChI is InChI=1S/C11H12O7/c1-17-7-4-2-3-6(9(7)14)10(11(15)16)18-5-8(12)13/h2-4,10,14H,5H2,1H3,(H,12,13)(H,15,16). The lowest BCUT2D eigenvalue weighted by atomic mass is 10.1. The van der Waals surface area contributed by atoms with Gasteiger partial charge < -0.3 is 24.8 Å². The number of phenols is 1. The summed E-state index contributed by atoms with van der Waals surface area (Å²) in [6.07, 6.45) is -1.57. The van der Waals surface area contributed by atoms with Gasteiger partial charge in [-0.1, -0.05) is 12.1 Å². The van der Waals surface area contributed by atoms with Gasteiger partial charge in [-0.15, -0.1) is 0 Å². The molecule has 0 fully saturated rings. The minimum Gasteiger partial charge on any atom is -0.504 e. The maximum Gasteiger partial charge on any atom is 0.337 e. The van der Waals surface area contributed by atoms with Crippen LogP contribution in [0.3, 0.4) is 0 Å². The Morgan fingerprint density at radius 2 is 2.00 bits per heavy atom. The zero-order chi connectivity index (χ0) is 13.7. The summed E-state index contributed by atoms with van der Waals surface area (Å²) in [6.45, 7) is -0.784. The van der Waals surface area contributed by atoms with Crippen molar-refractivity contribution in [1.29, 1.82) is 0 Å². The molecule has 0 heterocycles. The Hall–Kier alpha value is -2.28. The van der Waals surface area contributed by atoms with Gasteiger partial charge in [-0.2, -0.15) is 0 Å². The molecule has 0 aromatic heterocycles. The second-order valence-corrected chi connectivity index (χ2v) is 3.32. The normalized spacial score (nSPS) is 11.8. The Bertz CT molecular complexity index is 455. The van der Waals surface area contributed by atoms with Crippen molar-refractivity contribution in [2.45, 2.75) is 6.10 Å². The number of carbonyl (C=O) groups is 2. The summed E-state index contributed by atoms with van der Waals surface area (Å²) in [7, 11) is 1.31. The minimum atomic E-state index is -1.57. The molecule has 3 N–H and O–H groups in total. The van der Waals surface area contributed by atoms with Crippen LogP contribution in [-0.2, 0) is 14.3 Å². The predicted molar refractivity (Wildman–Crippen MR) is 58.6 cm³/mol. The van der Waals surface area contributed by atoms with Gasteiger partial charge in [0, 0.05) is 5.56 Å². The lowest BCUT2D eigenvalue weighted by Gasteiger charge is -2.15. The monoisotopic (exact) mass is 256 g/mol. The molecule has 0 aliphatic heterocycles. The van der Waals surface area contributed by atoms with Gasteiger partial charge in [-0.05, 0) is 6.07 Å². The molecular weight excluding hydrogens is 244 g/mol. The van der Waals surface area contributed by atoms with E-state index in [1.165, 1.54) is 25.3 Å². The average molecular weight is 256 g/mol. The van der Waals surface area contributed by atoms with Gasteiger partial charge in [0.05, 0.1) is 7.11 Å². The van der Waals surface area contributed by atoms with Crippen LogP contribution in [0, 0.1) is 0 Å². The second kappa shape index (κ2) is 5.87. The highest BCUT2D eigenvalue weighted by Crippen LogP contribution is 2.34. The van der Waals surface area contributed by atoms with E-state index in [4.69, 9.17) is 19.7 Å². The van der Waals surface area contributed by atoms with Gasteiger partial charge in [-0.3, -0.25) is 0 Å². The molecule has 0 amide bonds. The number of hydrogen-bond acceptors (Lipinski definition) is 5. The van der Waals surface area contributed by atoms with Gasteiger partial charge in [0.25, 0.3) is 0 Å². The molecule has 0 aliphatic carbocycles. The molecule has 1 rings (SSSR count). The van der Waals surface area contributed by atoms with Crippen molar-refractivity contribution in [3.05, 3.63) is 23.8 Å². The number of aliphatic carboxylic acids is 2. The first-order valence-electron chi connectivity index (χ1n) is 4.89. The Morgan fingerprint density at radius 3 is 2.50 bits per heavy atom. The highest BCUT2D eigenvalue weighted by Gasteiger charge is 2.26. The Kier molecular flexibility index (Phi) is 4.50. The van der Waals surface area contributed by atoms with E-state index in [1.54, 1.807) is 0 Å². The third-order valence-electron chi connectivity index (χ3n) is 2.13. The molecule has 0 saturated heterocycles. The maximum atomic E-state index is 11.0. The van der Waals surface area contributed by atoms with Crippen LogP contribution in [0.25, 0.3) is 0 Å². The van der Waals surface area contributed by atoms with Crippen molar-refractivity contribution in [3.63, 3.8) is 0 Å². The number of aromatic hydroxyl groups is 1. The summed E-state index contributed by atoms with van der Waals surface area (Å²) < 4.78 is 9.54. The molecule has 0 spiro atoms. The first-order chi connectivity index (χ1) is 8.47. The molecule has 0 saturated carbocycles. The SMILES string of the molecule is COc1cccc(C(OCC(=O)O)C(=O)O)c1O. The van der Waals surface area contributed by atoms with Crippen molar-refractivity contribution in [2.75, 3.05) is 13.7 Å². The van der Waals surface area contributed by atoms with Crippen LogP contribution in [0.15, 0.2) is 18.2 Å². The molecule has 18 heavy (non-hydrogen) atoms. The molecule has 0 radical (unpaired) electrons. The van der Waals surface area contributed by atoms with Crippen molar-refractivity contribution < 1.29 is 34.4 Å². The Labute approximate surface area is 102 Å². The van der Waals surface area contributed by atoms with E-state index in [2.05, 4.69) is 0 Å². The largest absolute Gasteiger partial charge is 0.504 e. The summed E-state index contributed by atoms with van der Waals surface area (Å²) in [6, 6.07) is 4.22. The van der Waals surface area contributed by atoms with Gasteiger partial charge in [-0.25, -0.2) is 9.59 Å². The van der Waals surface area contributed by atoms with E-state index >= 15 is 0 Å². The van der Waals surface area contributed by atoms with E-state index in [0.717, 1.165) is 0 Å². The first kappa shape index (κ1) is 13.8. The molecule has 1 aromatic rings. The number of phenolic OH excluding ortho intramolecular Hbond substituents is 1. The predicted octanol–water partition coefficient (Wildman–Crippen LogP) is 0.628. The van der Waals surface area contributed by atoms with E-state index in [0.29, 0.717) is 0 Å². The van der Waals surface area contributed by atoms with E-state index in [9.17, 15) is 14.7 Å². The third kappa shape index (κ3) is 3.11. The number of ether oxygens (including phenoxy) is 2. The highest BCUT2D eigenvalue weighted by molar-refractivity contribution is 5.77. The Balaban J connectivity index is 3.06. The van der Waals surface area contributed by atoms with Crippen LogP contribution in [-0.4, -0.2) is 41.0 Å². The molecule has 0 bridgehead atoms. The molecule has 1 atom stereocenters. The third-order valence-corrected chi connectivity index (χ3v) is 2.13. The van der Waals surface area contributed by atoms with Crippen molar-refractivity contribution >= 4 is 11.9 Å². The molecule has 1 aromatic carbocycles. The topological polar surface area (TPSA) is 113 Å². The van der Waals surface area contributed by atoms with Gasteiger partial charge in [0.1, 0.15) is 6.61 Å². The summed E-state index contributed by atoms with van der Waals surface area (Å²) in [4.78, 5) is 21.4. The molecule has 0 aliphatic rings. The first-order valence-corrected chi connectivity index (χ1v) is 4.89. The fraction of sp³-hybridized carbons (Fsp3) is 0.273. The molecule has 98 valence electrons. The summed E-state index contributed by atoms with van der Waals surface area (Å²) >= 11 is 0. The van der Waals surface area contributed by atoms with Crippen molar-refractivity contribution in [3.8, 4) is 11.5 Å². The second-order valence-electron chi connectivity index (χ2n) is 3.32. The van der Waals surface area contributed by atoms with Crippen molar-refractivity contribution in [2.24, 2.45) is 0 Å². The lowest BCUT2D eigenvalue weighted by molar-refractivity contribution is -0.156. The minimum absolute atomic E-state index is 0.0666. The molecule has 7 heteroatoms. The van der Waals surface area contributed by atoms with Gasteiger partial charge in [0.2, 0.25) is 0 Å². The number of benzene rings is 1. The number of rotatable bonds is 6. The smallest absolute Gasteiger partial charge is 0.337 e. The van der Waals surface area contributed by atoms with Crippen LogP contribution in [0.4, 0.5) is 0 Å². The Morgan fingerprint density at radius 1 is 1.33 bits per heavy atom. The number of methoxy groups -OCH3 is 1. The number of carboxylic acid groups (broad SMARTS) is 2. The fourth-order valence-electron chi connectivity index (χ4n) is 1.36. The zero-order valence-corrected chi connectivity index (χ0v) is 9.49. The number of para-hydroxylation sites is 1. The maximum absolute atomic E-state index is 11.0.